The number of anilines is 2. The Kier molecular flexibility index (Phi) is 3.76. The van der Waals surface area contributed by atoms with E-state index in [9.17, 15) is 0 Å². The van der Waals surface area contributed by atoms with Gasteiger partial charge in [-0.3, -0.25) is 0 Å². The third-order valence-corrected chi connectivity index (χ3v) is 4.06. The molecule has 0 fully saturated rings. The Morgan fingerprint density at radius 2 is 1.32 bits per heavy atom. The zero-order valence-electron chi connectivity index (χ0n) is 13.7. The van der Waals surface area contributed by atoms with Crippen molar-refractivity contribution in [2.75, 3.05) is 38.0 Å². The van der Waals surface area contributed by atoms with Crippen molar-refractivity contribution in [1.29, 1.82) is 0 Å². The molecule has 0 unspecified atom stereocenters. The summed E-state index contributed by atoms with van der Waals surface area (Å²) in [4.78, 5) is 4.31. The Bertz CT molecular complexity index is 786. The first-order valence-corrected chi connectivity index (χ1v) is 7.55. The highest BCUT2D eigenvalue weighted by molar-refractivity contribution is 6.03. The lowest BCUT2D eigenvalue weighted by atomic mass is 9.95. The van der Waals surface area contributed by atoms with Crippen LogP contribution in [0.15, 0.2) is 60.7 Å². The molecular weight excluding hydrogens is 268 g/mol. The molecule has 0 aliphatic heterocycles. The molecule has 3 aromatic carbocycles. The van der Waals surface area contributed by atoms with Gasteiger partial charge in [-0.25, -0.2) is 0 Å². The summed E-state index contributed by atoms with van der Waals surface area (Å²) in [5, 5.41) is 2.58. The van der Waals surface area contributed by atoms with Gasteiger partial charge in [0, 0.05) is 45.1 Å². The predicted octanol–water partition coefficient (Wildman–Crippen LogP) is 4.64. The summed E-state index contributed by atoms with van der Waals surface area (Å²) >= 11 is 0. The van der Waals surface area contributed by atoms with E-state index in [0.717, 1.165) is 0 Å². The first kappa shape index (κ1) is 14.5. The molecule has 112 valence electrons. The molecule has 0 atom stereocenters. The molecule has 0 bridgehead atoms. The number of rotatable bonds is 3. The average Bonchev–Trinajstić information content (AvgIpc) is 2.53. The highest BCUT2D eigenvalue weighted by Crippen LogP contribution is 2.37. The Labute approximate surface area is 132 Å². The van der Waals surface area contributed by atoms with E-state index >= 15 is 0 Å². The molecule has 3 aromatic rings. The quantitative estimate of drug-likeness (QED) is 0.693. The lowest BCUT2D eigenvalue weighted by molar-refractivity contribution is 1.13. The summed E-state index contributed by atoms with van der Waals surface area (Å²) in [6.07, 6.45) is 0. The molecule has 0 heterocycles. The highest BCUT2D eigenvalue weighted by atomic mass is 15.1. The van der Waals surface area contributed by atoms with E-state index in [1.54, 1.807) is 0 Å². The number of benzene rings is 3. The van der Waals surface area contributed by atoms with Crippen molar-refractivity contribution in [3.63, 3.8) is 0 Å². The Hall–Kier alpha value is -2.48. The van der Waals surface area contributed by atoms with Crippen LogP contribution in [0.2, 0.25) is 0 Å². The average molecular weight is 290 g/mol. The van der Waals surface area contributed by atoms with Gasteiger partial charge in [0.25, 0.3) is 0 Å². The standard InChI is InChI=1S/C20H22N2/c1-21(2)17-12-9-16(10-13-17)20-18-8-6-5-7-15(18)11-14-19(20)22(3)4/h5-14H,1-4H3. The zero-order valence-corrected chi connectivity index (χ0v) is 13.7. The number of hydrogen-bond donors (Lipinski definition) is 0. The SMILES string of the molecule is CN(C)c1ccc(-c2c(N(C)C)ccc3ccccc23)cc1. The van der Waals surface area contributed by atoms with Crippen molar-refractivity contribution in [2.45, 2.75) is 0 Å². The van der Waals surface area contributed by atoms with E-state index in [0.29, 0.717) is 0 Å². The van der Waals surface area contributed by atoms with Gasteiger partial charge in [-0.15, -0.1) is 0 Å². The summed E-state index contributed by atoms with van der Waals surface area (Å²) < 4.78 is 0. The normalized spacial score (nSPS) is 10.7. The van der Waals surface area contributed by atoms with Gasteiger partial charge in [-0.1, -0.05) is 42.5 Å². The number of hydrogen-bond acceptors (Lipinski definition) is 2. The first-order valence-electron chi connectivity index (χ1n) is 7.55. The topological polar surface area (TPSA) is 6.48 Å². The molecule has 3 rings (SSSR count). The van der Waals surface area contributed by atoms with Gasteiger partial charge in [0.05, 0.1) is 0 Å². The van der Waals surface area contributed by atoms with E-state index in [2.05, 4.69) is 98.7 Å². The van der Waals surface area contributed by atoms with Gasteiger partial charge in [0.15, 0.2) is 0 Å². The first-order chi connectivity index (χ1) is 10.6. The van der Waals surface area contributed by atoms with Crippen molar-refractivity contribution < 1.29 is 0 Å². The minimum Gasteiger partial charge on any atom is -0.378 e. The fourth-order valence-electron chi connectivity index (χ4n) is 2.86. The second-order valence-electron chi connectivity index (χ2n) is 6.02. The van der Waals surface area contributed by atoms with Gasteiger partial charge >= 0.3 is 0 Å². The van der Waals surface area contributed by atoms with Crippen molar-refractivity contribution in [3.05, 3.63) is 60.7 Å². The Morgan fingerprint density at radius 3 is 1.95 bits per heavy atom. The molecule has 2 heteroatoms. The molecule has 0 amide bonds. The molecule has 0 aromatic heterocycles. The molecule has 0 aliphatic carbocycles. The van der Waals surface area contributed by atoms with Crippen molar-refractivity contribution in [3.8, 4) is 11.1 Å². The maximum absolute atomic E-state index is 2.21. The van der Waals surface area contributed by atoms with Crippen LogP contribution in [0, 0.1) is 0 Å². The van der Waals surface area contributed by atoms with Gasteiger partial charge in [0.2, 0.25) is 0 Å². The summed E-state index contributed by atoms with van der Waals surface area (Å²) in [5.41, 5.74) is 5.02. The minimum absolute atomic E-state index is 1.22. The maximum Gasteiger partial charge on any atom is 0.0447 e. The molecule has 0 saturated carbocycles. The van der Waals surface area contributed by atoms with Gasteiger partial charge in [-0.2, -0.15) is 0 Å². The van der Waals surface area contributed by atoms with Crippen LogP contribution in [0.25, 0.3) is 21.9 Å². The van der Waals surface area contributed by atoms with Gasteiger partial charge < -0.3 is 9.80 Å². The minimum atomic E-state index is 1.22. The van der Waals surface area contributed by atoms with Crippen LogP contribution in [0.4, 0.5) is 11.4 Å². The maximum atomic E-state index is 2.21. The number of nitrogens with zero attached hydrogens (tertiary/aromatic N) is 2. The lowest BCUT2D eigenvalue weighted by Crippen LogP contribution is -2.10. The largest absolute Gasteiger partial charge is 0.378 e. The van der Waals surface area contributed by atoms with E-state index in [1.807, 2.05) is 0 Å². The molecule has 22 heavy (non-hydrogen) atoms. The van der Waals surface area contributed by atoms with Crippen molar-refractivity contribution in [1.82, 2.24) is 0 Å². The number of fused-ring (bicyclic) bond motifs is 1. The van der Waals surface area contributed by atoms with Crippen LogP contribution < -0.4 is 9.80 Å². The molecule has 0 aliphatic rings. The summed E-state index contributed by atoms with van der Waals surface area (Å²) in [5.74, 6) is 0. The predicted molar refractivity (Wildman–Crippen MR) is 98.0 cm³/mol. The monoisotopic (exact) mass is 290 g/mol. The van der Waals surface area contributed by atoms with E-state index in [4.69, 9.17) is 0 Å². The van der Waals surface area contributed by atoms with Crippen LogP contribution in [0.5, 0.6) is 0 Å². The molecule has 2 nitrogen and oxygen atoms in total. The fraction of sp³-hybridized carbons (Fsp3) is 0.200. The summed E-state index contributed by atoms with van der Waals surface area (Å²) in [7, 11) is 8.33. The van der Waals surface area contributed by atoms with Gasteiger partial charge in [0.1, 0.15) is 0 Å². The van der Waals surface area contributed by atoms with Crippen LogP contribution in [0.1, 0.15) is 0 Å². The third kappa shape index (κ3) is 2.52. The Morgan fingerprint density at radius 1 is 0.636 bits per heavy atom. The zero-order chi connectivity index (χ0) is 15.7. The molecule has 0 spiro atoms. The fourth-order valence-corrected chi connectivity index (χ4v) is 2.86. The molecule has 0 N–H and O–H groups in total. The lowest BCUT2D eigenvalue weighted by Gasteiger charge is -2.20. The van der Waals surface area contributed by atoms with E-state index < -0.39 is 0 Å². The smallest absolute Gasteiger partial charge is 0.0447 e. The molecular formula is C20H22N2. The third-order valence-electron chi connectivity index (χ3n) is 4.06. The highest BCUT2D eigenvalue weighted by Gasteiger charge is 2.11. The van der Waals surface area contributed by atoms with Crippen LogP contribution in [0.3, 0.4) is 0 Å². The molecule has 0 saturated heterocycles. The van der Waals surface area contributed by atoms with Crippen molar-refractivity contribution in [2.24, 2.45) is 0 Å². The van der Waals surface area contributed by atoms with E-state index in [1.165, 1.54) is 33.3 Å². The van der Waals surface area contributed by atoms with Gasteiger partial charge in [-0.05, 0) is 34.5 Å². The van der Waals surface area contributed by atoms with Crippen LogP contribution in [-0.2, 0) is 0 Å². The van der Waals surface area contributed by atoms with Crippen LogP contribution in [-0.4, -0.2) is 28.2 Å². The summed E-state index contributed by atoms with van der Waals surface area (Å²) in [6, 6.07) is 21.8. The van der Waals surface area contributed by atoms with E-state index in [-0.39, 0.29) is 0 Å². The molecule has 0 radical (unpaired) electrons. The van der Waals surface area contributed by atoms with Crippen LogP contribution >= 0.6 is 0 Å². The second-order valence-corrected chi connectivity index (χ2v) is 6.02. The summed E-state index contributed by atoms with van der Waals surface area (Å²) in [6.45, 7) is 0. The second kappa shape index (κ2) is 5.72. The van der Waals surface area contributed by atoms with Crippen molar-refractivity contribution >= 4 is 22.1 Å². The Balaban J connectivity index is 2.25.